The third-order valence-corrected chi connectivity index (χ3v) is 3.27. The van der Waals surface area contributed by atoms with Gasteiger partial charge in [0.2, 0.25) is 0 Å². The van der Waals surface area contributed by atoms with Gasteiger partial charge in [0.15, 0.2) is 11.5 Å². The van der Waals surface area contributed by atoms with Gasteiger partial charge in [-0.2, -0.15) is 0 Å². The van der Waals surface area contributed by atoms with Crippen molar-refractivity contribution < 1.29 is 9.18 Å². The van der Waals surface area contributed by atoms with Crippen molar-refractivity contribution in [2.75, 3.05) is 0 Å². The fourth-order valence-electron chi connectivity index (χ4n) is 1.94. The number of hydrogen-bond donors (Lipinski definition) is 2. The summed E-state index contributed by atoms with van der Waals surface area (Å²) in [6.07, 6.45) is 0. The van der Waals surface area contributed by atoms with Crippen LogP contribution in [0.1, 0.15) is 33.3 Å². The quantitative estimate of drug-likeness (QED) is 0.837. The largest absolute Gasteiger partial charge is 0.351 e. The molecular weight excluding hydrogens is 281 g/mol. The van der Waals surface area contributed by atoms with E-state index in [0.717, 1.165) is 0 Å². The summed E-state index contributed by atoms with van der Waals surface area (Å²) in [5, 5.41) is 5.78. The van der Waals surface area contributed by atoms with Crippen molar-refractivity contribution >= 4 is 23.5 Å². The Hall–Kier alpha value is -1.62. The fourth-order valence-corrected chi connectivity index (χ4v) is 2.12. The summed E-state index contributed by atoms with van der Waals surface area (Å²) < 4.78 is 13.2. The maximum atomic E-state index is 13.2. The van der Waals surface area contributed by atoms with E-state index in [2.05, 4.69) is 15.6 Å². The topological polar surface area (TPSA) is 53.5 Å². The molecule has 0 radical (unpaired) electrons. The van der Waals surface area contributed by atoms with E-state index >= 15 is 0 Å². The molecule has 0 saturated carbocycles. The first-order chi connectivity index (χ1) is 9.12. The Morgan fingerprint density at radius 1 is 1.40 bits per heavy atom. The highest BCUT2D eigenvalue weighted by Crippen LogP contribution is 2.31. The van der Waals surface area contributed by atoms with Gasteiger partial charge in [-0.1, -0.05) is 17.7 Å². The zero-order valence-electron chi connectivity index (χ0n) is 11.8. The fraction of sp³-hybridized carbons (Fsp3) is 0.429. The van der Waals surface area contributed by atoms with Crippen molar-refractivity contribution in [3.05, 3.63) is 34.6 Å². The van der Waals surface area contributed by atoms with Gasteiger partial charge in [-0.3, -0.25) is 10.1 Å². The van der Waals surface area contributed by atoms with Gasteiger partial charge in [0, 0.05) is 5.54 Å². The zero-order chi connectivity index (χ0) is 15.1. The molecule has 2 N–H and O–H groups in total. The molecule has 0 aliphatic carbocycles. The molecule has 1 unspecified atom stereocenters. The van der Waals surface area contributed by atoms with Crippen LogP contribution in [0, 0.1) is 5.82 Å². The van der Waals surface area contributed by atoms with Gasteiger partial charge in [-0.25, -0.2) is 9.38 Å². The van der Waals surface area contributed by atoms with Crippen LogP contribution >= 0.6 is 11.6 Å². The van der Waals surface area contributed by atoms with Gasteiger partial charge < -0.3 is 5.32 Å². The predicted octanol–water partition coefficient (Wildman–Crippen LogP) is 2.57. The maximum Gasteiger partial charge on any atom is 0.259 e. The Morgan fingerprint density at radius 2 is 2.05 bits per heavy atom. The molecule has 1 atom stereocenters. The monoisotopic (exact) mass is 297 g/mol. The molecule has 0 aromatic heterocycles. The Labute approximate surface area is 122 Å². The minimum absolute atomic E-state index is 0.0241. The number of rotatable bonds is 1. The highest BCUT2D eigenvalue weighted by Gasteiger charge is 2.41. The maximum absolute atomic E-state index is 13.2. The van der Waals surface area contributed by atoms with Gasteiger partial charge in [0.1, 0.15) is 5.82 Å². The van der Waals surface area contributed by atoms with Crippen molar-refractivity contribution in [1.82, 2.24) is 10.6 Å². The normalized spacial score (nSPS) is 22.5. The first-order valence-corrected chi connectivity index (χ1v) is 6.65. The van der Waals surface area contributed by atoms with Crippen LogP contribution in [0.4, 0.5) is 4.39 Å². The molecule has 2 rings (SSSR count). The molecule has 0 bridgehead atoms. The van der Waals surface area contributed by atoms with Gasteiger partial charge in [0.05, 0.1) is 5.02 Å². The minimum Gasteiger partial charge on any atom is -0.351 e. The Bertz CT molecular complexity index is 595. The van der Waals surface area contributed by atoms with Gasteiger partial charge in [0.25, 0.3) is 5.91 Å². The number of carbonyl (C=O) groups excluding carboxylic acids is 1. The number of nitrogens with zero attached hydrogens (tertiary/aromatic N) is 1. The van der Waals surface area contributed by atoms with E-state index < -0.39 is 11.4 Å². The molecule has 108 valence electrons. The summed E-state index contributed by atoms with van der Waals surface area (Å²) in [6.45, 7) is 7.56. The third-order valence-electron chi connectivity index (χ3n) is 2.98. The number of amides is 1. The number of benzene rings is 1. The smallest absolute Gasteiger partial charge is 0.259 e. The Morgan fingerprint density at radius 3 is 2.60 bits per heavy atom. The lowest BCUT2D eigenvalue weighted by atomic mass is 9.92. The molecule has 1 aliphatic heterocycles. The van der Waals surface area contributed by atoms with E-state index in [-0.39, 0.29) is 16.5 Å². The number of nitrogens with one attached hydrogen (secondary N) is 2. The van der Waals surface area contributed by atoms with Crippen LogP contribution in [0.25, 0.3) is 0 Å². The van der Waals surface area contributed by atoms with Crippen molar-refractivity contribution in [2.24, 2.45) is 4.99 Å². The molecule has 1 aromatic carbocycles. The summed E-state index contributed by atoms with van der Waals surface area (Å²) in [4.78, 5) is 16.6. The second-order valence-electron chi connectivity index (χ2n) is 5.99. The van der Waals surface area contributed by atoms with Crippen molar-refractivity contribution in [1.29, 1.82) is 0 Å². The van der Waals surface area contributed by atoms with E-state index in [1.165, 1.54) is 18.2 Å². The minimum atomic E-state index is -1.11. The van der Waals surface area contributed by atoms with E-state index in [0.29, 0.717) is 11.5 Å². The van der Waals surface area contributed by atoms with Crippen molar-refractivity contribution in [3.63, 3.8) is 0 Å². The van der Waals surface area contributed by atoms with Crippen LogP contribution in [0.2, 0.25) is 5.02 Å². The number of carbonyl (C=O) groups is 1. The van der Waals surface area contributed by atoms with Crippen LogP contribution in [0.5, 0.6) is 0 Å². The number of halogens is 2. The summed E-state index contributed by atoms with van der Waals surface area (Å²) in [5.74, 6) is -0.383. The molecule has 1 aliphatic rings. The molecule has 1 aromatic rings. The number of guanidine groups is 1. The summed E-state index contributed by atoms with van der Waals surface area (Å²) in [7, 11) is 0. The van der Waals surface area contributed by atoms with Gasteiger partial charge in [-0.15, -0.1) is 0 Å². The lowest BCUT2D eigenvalue weighted by Crippen LogP contribution is -2.47. The molecule has 20 heavy (non-hydrogen) atoms. The Balaban J connectivity index is 2.38. The summed E-state index contributed by atoms with van der Waals surface area (Å²) in [6, 6.07) is 4.19. The lowest BCUT2D eigenvalue weighted by Gasteiger charge is -2.21. The average Bonchev–Trinajstić information content (AvgIpc) is 2.56. The Kier molecular flexibility index (Phi) is 3.50. The molecule has 4 nitrogen and oxygen atoms in total. The highest BCUT2D eigenvalue weighted by atomic mass is 35.5. The average molecular weight is 298 g/mol. The van der Waals surface area contributed by atoms with Crippen molar-refractivity contribution in [2.45, 2.75) is 38.8 Å². The SMILES string of the molecule is CC(C)(C)NC1=NC(C)(c2ccc(F)c(Cl)c2)C(=O)N1. The molecule has 1 heterocycles. The van der Waals surface area contributed by atoms with Gasteiger partial charge in [-0.05, 0) is 45.4 Å². The molecule has 0 spiro atoms. The van der Waals surface area contributed by atoms with Crippen LogP contribution < -0.4 is 10.6 Å². The summed E-state index contributed by atoms with van der Waals surface area (Å²) in [5.41, 5.74) is -0.782. The molecule has 0 saturated heterocycles. The molecule has 6 heteroatoms. The van der Waals surface area contributed by atoms with E-state index in [4.69, 9.17) is 11.6 Å². The van der Waals surface area contributed by atoms with Crippen molar-refractivity contribution in [3.8, 4) is 0 Å². The molecular formula is C14H17ClFN3O. The standard InChI is InChI=1S/C14H17ClFN3O/c1-13(2,3)18-12-17-11(20)14(4,19-12)8-5-6-10(16)9(15)7-8/h5-7H,1-4H3,(H2,17,18,19,20). The van der Waals surface area contributed by atoms with Crippen LogP contribution in [0.15, 0.2) is 23.2 Å². The first-order valence-electron chi connectivity index (χ1n) is 6.27. The van der Waals surface area contributed by atoms with E-state index in [1.54, 1.807) is 6.92 Å². The predicted molar refractivity (Wildman–Crippen MR) is 77.2 cm³/mol. The third kappa shape index (κ3) is 2.77. The second-order valence-corrected chi connectivity index (χ2v) is 6.40. The van der Waals surface area contributed by atoms with E-state index in [9.17, 15) is 9.18 Å². The van der Waals surface area contributed by atoms with Gasteiger partial charge >= 0.3 is 0 Å². The number of aliphatic imine (C=N–C) groups is 1. The molecule has 0 fully saturated rings. The van der Waals surface area contributed by atoms with Crippen LogP contribution in [0.3, 0.4) is 0 Å². The van der Waals surface area contributed by atoms with Crippen LogP contribution in [-0.2, 0) is 10.3 Å². The second kappa shape index (κ2) is 4.74. The highest BCUT2D eigenvalue weighted by molar-refractivity contribution is 6.30. The van der Waals surface area contributed by atoms with Crippen LogP contribution in [-0.4, -0.2) is 17.4 Å². The van der Waals surface area contributed by atoms with E-state index in [1.807, 2.05) is 20.8 Å². The lowest BCUT2D eigenvalue weighted by molar-refractivity contribution is -0.123. The zero-order valence-corrected chi connectivity index (χ0v) is 12.6. The summed E-state index contributed by atoms with van der Waals surface area (Å²) >= 11 is 5.77. The molecule has 1 amide bonds. The number of hydrogen-bond acceptors (Lipinski definition) is 3. The first kappa shape index (κ1) is 14.8.